The normalized spacial score (nSPS) is 18.2. The molecule has 1 unspecified atom stereocenters. The Kier molecular flexibility index (Phi) is 4.29. The zero-order valence-corrected chi connectivity index (χ0v) is 12.3. The number of aromatic nitrogens is 4. The Bertz CT molecular complexity index is 630. The third-order valence-corrected chi connectivity index (χ3v) is 3.56. The number of nitrogens with zero attached hydrogens (tertiary/aromatic N) is 5. The lowest BCUT2D eigenvalue weighted by atomic mass is 10.2. The summed E-state index contributed by atoms with van der Waals surface area (Å²) in [5.41, 5.74) is 0.877. The Labute approximate surface area is 128 Å². The van der Waals surface area contributed by atoms with E-state index >= 15 is 0 Å². The predicted octanol–water partition coefficient (Wildman–Crippen LogP) is 0.593. The van der Waals surface area contributed by atoms with Crippen LogP contribution in [0.5, 0.6) is 0 Å². The van der Waals surface area contributed by atoms with Gasteiger partial charge < -0.3 is 15.0 Å². The van der Waals surface area contributed by atoms with Gasteiger partial charge in [0.05, 0.1) is 19.3 Å². The second-order valence-corrected chi connectivity index (χ2v) is 5.10. The SMILES string of the molecule is CC1COCCN1C(=O)NCc1cccnc1-n1cncn1. The van der Waals surface area contributed by atoms with Crippen LogP contribution in [0.4, 0.5) is 4.79 Å². The zero-order chi connectivity index (χ0) is 15.4. The average Bonchev–Trinajstić information content (AvgIpc) is 3.07. The lowest BCUT2D eigenvalue weighted by molar-refractivity contribution is 0.0190. The molecule has 2 amide bonds. The van der Waals surface area contributed by atoms with Gasteiger partial charge in [-0.15, -0.1) is 0 Å². The van der Waals surface area contributed by atoms with Crippen LogP contribution < -0.4 is 5.32 Å². The number of hydrogen-bond acceptors (Lipinski definition) is 5. The molecular weight excluding hydrogens is 284 g/mol. The van der Waals surface area contributed by atoms with Crippen molar-refractivity contribution in [1.29, 1.82) is 0 Å². The molecule has 8 heteroatoms. The number of hydrogen-bond donors (Lipinski definition) is 1. The van der Waals surface area contributed by atoms with E-state index < -0.39 is 0 Å². The highest BCUT2D eigenvalue weighted by Gasteiger charge is 2.23. The smallest absolute Gasteiger partial charge is 0.318 e. The molecule has 0 spiro atoms. The summed E-state index contributed by atoms with van der Waals surface area (Å²) in [5.74, 6) is 0.662. The Morgan fingerprint density at radius 2 is 2.45 bits per heavy atom. The van der Waals surface area contributed by atoms with E-state index in [-0.39, 0.29) is 12.1 Å². The average molecular weight is 302 g/mol. The molecular formula is C14H18N6O2. The van der Waals surface area contributed by atoms with Gasteiger partial charge in [-0.2, -0.15) is 5.10 Å². The number of pyridine rings is 1. The maximum atomic E-state index is 12.3. The summed E-state index contributed by atoms with van der Waals surface area (Å²) in [6, 6.07) is 3.73. The number of rotatable bonds is 3. The number of ether oxygens (including phenoxy) is 1. The lowest BCUT2D eigenvalue weighted by Crippen LogP contribution is -2.51. The van der Waals surface area contributed by atoms with E-state index in [1.807, 2.05) is 19.1 Å². The number of carbonyl (C=O) groups excluding carboxylic acids is 1. The summed E-state index contributed by atoms with van der Waals surface area (Å²) in [6.45, 7) is 4.12. The molecule has 2 aromatic heterocycles. The molecule has 0 aliphatic carbocycles. The first-order chi connectivity index (χ1) is 10.8. The van der Waals surface area contributed by atoms with Crippen LogP contribution in [0.15, 0.2) is 31.0 Å². The molecule has 1 saturated heterocycles. The molecule has 0 radical (unpaired) electrons. The van der Waals surface area contributed by atoms with E-state index in [9.17, 15) is 4.79 Å². The van der Waals surface area contributed by atoms with Gasteiger partial charge in [-0.3, -0.25) is 0 Å². The van der Waals surface area contributed by atoms with E-state index in [1.54, 1.807) is 22.1 Å². The minimum absolute atomic E-state index is 0.0810. The largest absolute Gasteiger partial charge is 0.377 e. The van der Waals surface area contributed by atoms with Crippen molar-refractivity contribution in [2.24, 2.45) is 0 Å². The molecule has 3 heterocycles. The van der Waals surface area contributed by atoms with Gasteiger partial charge in [0.15, 0.2) is 5.82 Å². The Morgan fingerprint density at radius 3 is 3.23 bits per heavy atom. The van der Waals surface area contributed by atoms with E-state index in [0.29, 0.717) is 32.1 Å². The quantitative estimate of drug-likeness (QED) is 0.897. The van der Waals surface area contributed by atoms with Gasteiger partial charge in [0.25, 0.3) is 0 Å². The summed E-state index contributed by atoms with van der Waals surface area (Å²) in [6.07, 6.45) is 4.72. The van der Waals surface area contributed by atoms with Crippen molar-refractivity contribution in [1.82, 2.24) is 30.0 Å². The van der Waals surface area contributed by atoms with Crippen LogP contribution in [0.3, 0.4) is 0 Å². The number of urea groups is 1. The van der Waals surface area contributed by atoms with Crippen LogP contribution in [0.2, 0.25) is 0 Å². The van der Waals surface area contributed by atoms with Gasteiger partial charge >= 0.3 is 6.03 Å². The third-order valence-electron chi connectivity index (χ3n) is 3.56. The summed E-state index contributed by atoms with van der Waals surface area (Å²) in [5, 5.41) is 7.01. The minimum Gasteiger partial charge on any atom is -0.377 e. The lowest BCUT2D eigenvalue weighted by Gasteiger charge is -2.33. The first-order valence-electron chi connectivity index (χ1n) is 7.17. The van der Waals surface area contributed by atoms with Crippen molar-refractivity contribution in [2.45, 2.75) is 19.5 Å². The zero-order valence-electron chi connectivity index (χ0n) is 12.3. The molecule has 8 nitrogen and oxygen atoms in total. The van der Waals surface area contributed by atoms with Gasteiger partial charge in [-0.05, 0) is 13.0 Å². The Morgan fingerprint density at radius 1 is 1.55 bits per heavy atom. The summed E-state index contributed by atoms with van der Waals surface area (Å²) in [7, 11) is 0. The van der Waals surface area contributed by atoms with E-state index in [2.05, 4.69) is 20.4 Å². The van der Waals surface area contributed by atoms with Crippen LogP contribution >= 0.6 is 0 Å². The Hall–Kier alpha value is -2.48. The van der Waals surface area contributed by atoms with Crippen LogP contribution in [0, 0.1) is 0 Å². The molecule has 3 rings (SSSR count). The molecule has 1 aliphatic heterocycles. The predicted molar refractivity (Wildman–Crippen MR) is 78.4 cm³/mol. The van der Waals surface area contributed by atoms with E-state index in [4.69, 9.17) is 4.74 Å². The minimum atomic E-state index is -0.0933. The Balaban J connectivity index is 1.68. The monoisotopic (exact) mass is 302 g/mol. The second kappa shape index (κ2) is 6.52. The van der Waals surface area contributed by atoms with Crippen molar-refractivity contribution in [3.8, 4) is 5.82 Å². The number of carbonyl (C=O) groups is 1. The summed E-state index contributed by atoms with van der Waals surface area (Å²) < 4.78 is 6.92. The van der Waals surface area contributed by atoms with Crippen molar-refractivity contribution in [3.05, 3.63) is 36.5 Å². The highest BCUT2D eigenvalue weighted by atomic mass is 16.5. The number of nitrogens with one attached hydrogen (secondary N) is 1. The van der Waals surface area contributed by atoms with E-state index in [1.165, 1.54) is 6.33 Å². The molecule has 22 heavy (non-hydrogen) atoms. The fraction of sp³-hybridized carbons (Fsp3) is 0.429. The third kappa shape index (κ3) is 3.06. The van der Waals surface area contributed by atoms with Crippen LogP contribution in [-0.4, -0.2) is 56.5 Å². The van der Waals surface area contributed by atoms with Gasteiger partial charge in [-0.25, -0.2) is 19.4 Å². The van der Waals surface area contributed by atoms with Crippen molar-refractivity contribution in [2.75, 3.05) is 19.8 Å². The molecule has 116 valence electrons. The maximum Gasteiger partial charge on any atom is 0.318 e. The van der Waals surface area contributed by atoms with Crippen LogP contribution in [0.1, 0.15) is 12.5 Å². The van der Waals surface area contributed by atoms with Gasteiger partial charge in [0.2, 0.25) is 0 Å². The van der Waals surface area contributed by atoms with Gasteiger partial charge in [0, 0.05) is 24.8 Å². The second-order valence-electron chi connectivity index (χ2n) is 5.10. The highest BCUT2D eigenvalue weighted by Crippen LogP contribution is 2.10. The van der Waals surface area contributed by atoms with Crippen molar-refractivity contribution < 1.29 is 9.53 Å². The topological polar surface area (TPSA) is 85.2 Å². The van der Waals surface area contributed by atoms with Crippen molar-refractivity contribution >= 4 is 6.03 Å². The molecule has 0 saturated carbocycles. The maximum absolute atomic E-state index is 12.3. The van der Waals surface area contributed by atoms with Gasteiger partial charge in [0.1, 0.15) is 12.7 Å². The molecule has 1 aliphatic rings. The van der Waals surface area contributed by atoms with Crippen LogP contribution in [-0.2, 0) is 11.3 Å². The first-order valence-corrected chi connectivity index (χ1v) is 7.17. The highest BCUT2D eigenvalue weighted by molar-refractivity contribution is 5.74. The molecule has 1 N–H and O–H groups in total. The molecule has 0 aromatic carbocycles. The number of amides is 2. The van der Waals surface area contributed by atoms with Crippen LogP contribution in [0.25, 0.3) is 5.82 Å². The number of morpholine rings is 1. The molecule has 1 atom stereocenters. The molecule has 0 bridgehead atoms. The molecule has 2 aromatic rings. The fourth-order valence-electron chi connectivity index (χ4n) is 2.39. The first kappa shape index (κ1) is 14.5. The standard InChI is InChI=1S/C14H18N6O2/c1-11-8-22-6-5-19(11)14(21)17-7-12-3-2-4-16-13(12)20-10-15-9-18-20/h2-4,9-11H,5-8H2,1H3,(H,17,21). The summed E-state index contributed by atoms with van der Waals surface area (Å²) >= 11 is 0. The fourth-order valence-corrected chi connectivity index (χ4v) is 2.39. The van der Waals surface area contributed by atoms with E-state index in [0.717, 1.165) is 5.56 Å². The summed E-state index contributed by atoms with van der Waals surface area (Å²) in [4.78, 5) is 22.3. The molecule has 1 fully saturated rings. The van der Waals surface area contributed by atoms with Crippen molar-refractivity contribution in [3.63, 3.8) is 0 Å². The van der Waals surface area contributed by atoms with Gasteiger partial charge in [-0.1, -0.05) is 6.07 Å².